The average Bonchev–Trinajstić information content (AvgIpc) is 2.56. The van der Waals surface area contributed by atoms with Crippen molar-refractivity contribution in [2.24, 2.45) is 0 Å². The van der Waals surface area contributed by atoms with Gasteiger partial charge in [-0.3, -0.25) is 9.10 Å². The van der Waals surface area contributed by atoms with Gasteiger partial charge in [-0.1, -0.05) is 35.3 Å². The van der Waals surface area contributed by atoms with Crippen molar-refractivity contribution < 1.29 is 13.2 Å². The summed E-state index contributed by atoms with van der Waals surface area (Å²) in [6, 6.07) is 11.5. The summed E-state index contributed by atoms with van der Waals surface area (Å²) in [5.74, 6) is -0.287. The summed E-state index contributed by atoms with van der Waals surface area (Å²) in [7, 11) is -3.32. The summed E-state index contributed by atoms with van der Waals surface area (Å²) in [5.41, 5.74) is 1.20. The second-order valence-corrected chi connectivity index (χ2v) is 8.52. The van der Waals surface area contributed by atoms with E-state index in [1.54, 1.807) is 30.3 Å². The minimum absolute atomic E-state index is 0.124. The number of amides is 1. The summed E-state index contributed by atoms with van der Waals surface area (Å²) in [5, 5.41) is 3.30. The van der Waals surface area contributed by atoms with Crippen LogP contribution in [0.1, 0.15) is 23.2 Å². The molecule has 0 bridgehead atoms. The number of anilines is 2. The lowest BCUT2D eigenvalue weighted by atomic mass is 10.1. The molecule has 1 saturated heterocycles. The maximum Gasteiger partial charge on any atom is 0.257 e. The third kappa shape index (κ3) is 3.92. The van der Waals surface area contributed by atoms with Crippen LogP contribution in [0.5, 0.6) is 0 Å². The lowest BCUT2D eigenvalue weighted by Crippen LogP contribution is -2.37. The number of hydrogen-bond acceptors (Lipinski definition) is 3. The summed E-state index contributed by atoms with van der Waals surface area (Å²) in [4.78, 5) is 12.4. The van der Waals surface area contributed by atoms with Crippen LogP contribution in [0.25, 0.3) is 0 Å². The number of nitrogens with one attached hydrogen (secondary N) is 1. The van der Waals surface area contributed by atoms with Gasteiger partial charge in [0.25, 0.3) is 5.91 Å². The Hall–Kier alpha value is -1.76. The molecule has 2 aromatic carbocycles. The zero-order valence-corrected chi connectivity index (χ0v) is 15.5. The molecule has 0 radical (unpaired) electrons. The second-order valence-electron chi connectivity index (χ2n) is 5.69. The predicted octanol–water partition coefficient (Wildman–Crippen LogP) is 4.18. The molecule has 1 aliphatic heterocycles. The molecule has 0 unspecified atom stereocenters. The zero-order valence-electron chi connectivity index (χ0n) is 13.2. The minimum atomic E-state index is -3.32. The first kappa shape index (κ1) is 18.0. The molecule has 0 aliphatic carbocycles. The Morgan fingerprint density at radius 3 is 2.48 bits per heavy atom. The Bertz CT molecular complexity index is 916. The van der Waals surface area contributed by atoms with Crippen molar-refractivity contribution in [3.63, 3.8) is 0 Å². The number of carbonyl (C=O) groups excluding carboxylic acids is 1. The highest BCUT2D eigenvalue weighted by Gasteiger charge is 2.26. The predicted molar refractivity (Wildman–Crippen MR) is 101 cm³/mol. The van der Waals surface area contributed by atoms with Gasteiger partial charge in [-0.25, -0.2) is 8.42 Å². The topological polar surface area (TPSA) is 66.5 Å². The van der Waals surface area contributed by atoms with E-state index in [1.165, 1.54) is 16.4 Å². The van der Waals surface area contributed by atoms with E-state index in [0.29, 0.717) is 29.4 Å². The van der Waals surface area contributed by atoms with Crippen molar-refractivity contribution in [1.82, 2.24) is 0 Å². The van der Waals surface area contributed by atoms with Crippen molar-refractivity contribution in [3.05, 3.63) is 58.1 Å². The van der Waals surface area contributed by atoms with Gasteiger partial charge in [0, 0.05) is 6.54 Å². The van der Waals surface area contributed by atoms with E-state index in [1.807, 2.05) is 0 Å². The summed E-state index contributed by atoms with van der Waals surface area (Å²) >= 11 is 12.3. The molecule has 1 heterocycles. The molecule has 3 rings (SSSR count). The van der Waals surface area contributed by atoms with Crippen molar-refractivity contribution >= 4 is 50.5 Å². The van der Waals surface area contributed by atoms with Crippen LogP contribution < -0.4 is 9.62 Å². The molecule has 1 N–H and O–H groups in total. The molecule has 1 amide bonds. The Kier molecular flexibility index (Phi) is 5.22. The van der Waals surface area contributed by atoms with Crippen molar-refractivity contribution in [2.45, 2.75) is 12.8 Å². The molecule has 0 atom stereocenters. The third-order valence-corrected chi connectivity index (χ3v) is 6.47. The molecule has 5 nitrogen and oxygen atoms in total. The van der Waals surface area contributed by atoms with E-state index in [0.717, 1.165) is 6.42 Å². The van der Waals surface area contributed by atoms with Crippen LogP contribution in [0.15, 0.2) is 42.5 Å². The van der Waals surface area contributed by atoms with Crippen LogP contribution in [0.4, 0.5) is 11.4 Å². The van der Waals surface area contributed by atoms with Gasteiger partial charge in [0.15, 0.2) is 0 Å². The Morgan fingerprint density at radius 1 is 1.04 bits per heavy atom. The molecule has 0 spiro atoms. The SMILES string of the molecule is O=C(Nc1ccccc1Cl)c1ccc(N2CCCCS2(=O)=O)cc1Cl. The van der Waals surface area contributed by atoms with E-state index in [2.05, 4.69) is 5.32 Å². The van der Waals surface area contributed by atoms with Gasteiger partial charge in [0.2, 0.25) is 10.0 Å². The van der Waals surface area contributed by atoms with Crippen LogP contribution in [0.2, 0.25) is 10.0 Å². The van der Waals surface area contributed by atoms with Gasteiger partial charge in [-0.05, 0) is 43.2 Å². The first-order valence-corrected chi connectivity index (χ1v) is 10.1. The maximum absolute atomic E-state index is 12.4. The molecule has 8 heteroatoms. The highest BCUT2D eigenvalue weighted by Crippen LogP contribution is 2.29. The minimum Gasteiger partial charge on any atom is -0.321 e. The van der Waals surface area contributed by atoms with Gasteiger partial charge < -0.3 is 5.32 Å². The van der Waals surface area contributed by atoms with E-state index >= 15 is 0 Å². The van der Waals surface area contributed by atoms with Crippen LogP contribution in [-0.4, -0.2) is 26.6 Å². The molecule has 0 aromatic heterocycles. The molecule has 0 saturated carbocycles. The first-order valence-electron chi connectivity index (χ1n) is 7.74. The standard InChI is InChI=1S/C17H16Cl2N2O3S/c18-14-5-1-2-6-16(14)20-17(22)13-8-7-12(11-15(13)19)21-9-3-4-10-25(21,23)24/h1-2,5-8,11H,3-4,9-10H2,(H,20,22). The number of para-hydroxylation sites is 1. The van der Waals surface area contributed by atoms with Crippen LogP contribution in [0.3, 0.4) is 0 Å². The smallest absolute Gasteiger partial charge is 0.257 e. The number of halogens is 2. The fraction of sp³-hybridized carbons (Fsp3) is 0.235. The summed E-state index contributed by atoms with van der Waals surface area (Å²) in [6.45, 7) is 0.420. The highest BCUT2D eigenvalue weighted by molar-refractivity contribution is 7.92. The quantitative estimate of drug-likeness (QED) is 0.842. The number of rotatable bonds is 3. The average molecular weight is 399 g/mol. The van der Waals surface area contributed by atoms with Crippen LogP contribution >= 0.6 is 23.2 Å². The third-order valence-electron chi connectivity index (χ3n) is 3.96. The summed E-state index contributed by atoms with van der Waals surface area (Å²) in [6.07, 6.45) is 1.45. The fourth-order valence-electron chi connectivity index (χ4n) is 2.67. The number of hydrogen-bond donors (Lipinski definition) is 1. The monoisotopic (exact) mass is 398 g/mol. The van der Waals surface area contributed by atoms with Crippen molar-refractivity contribution in [2.75, 3.05) is 21.9 Å². The van der Waals surface area contributed by atoms with E-state index in [-0.39, 0.29) is 16.3 Å². The normalized spacial score (nSPS) is 16.5. The number of nitrogens with zero attached hydrogens (tertiary/aromatic N) is 1. The molecule has 1 aliphatic rings. The second kappa shape index (κ2) is 7.23. The van der Waals surface area contributed by atoms with Crippen molar-refractivity contribution in [3.8, 4) is 0 Å². The number of benzene rings is 2. The van der Waals surface area contributed by atoms with Crippen LogP contribution in [0, 0.1) is 0 Å². The highest BCUT2D eigenvalue weighted by atomic mass is 35.5. The Labute approximate surface area is 156 Å². The van der Waals surface area contributed by atoms with E-state index in [4.69, 9.17) is 23.2 Å². The largest absolute Gasteiger partial charge is 0.321 e. The molecular weight excluding hydrogens is 383 g/mol. The molecule has 1 fully saturated rings. The molecule has 25 heavy (non-hydrogen) atoms. The Balaban J connectivity index is 1.85. The van der Waals surface area contributed by atoms with Gasteiger partial charge in [-0.2, -0.15) is 0 Å². The molecular formula is C17H16Cl2N2O3S. The fourth-order valence-corrected chi connectivity index (χ4v) is 4.75. The molecule has 132 valence electrons. The van der Waals surface area contributed by atoms with Gasteiger partial charge in [0.05, 0.1) is 32.7 Å². The number of sulfonamides is 1. The van der Waals surface area contributed by atoms with Crippen LogP contribution in [-0.2, 0) is 10.0 Å². The summed E-state index contributed by atoms with van der Waals surface area (Å²) < 4.78 is 25.7. The lowest BCUT2D eigenvalue weighted by Gasteiger charge is -2.28. The van der Waals surface area contributed by atoms with E-state index in [9.17, 15) is 13.2 Å². The molecule has 2 aromatic rings. The zero-order chi connectivity index (χ0) is 18.0. The van der Waals surface area contributed by atoms with Gasteiger partial charge in [0.1, 0.15) is 0 Å². The number of carbonyl (C=O) groups is 1. The van der Waals surface area contributed by atoms with E-state index < -0.39 is 15.9 Å². The lowest BCUT2D eigenvalue weighted by molar-refractivity contribution is 0.102. The first-order chi connectivity index (χ1) is 11.9. The van der Waals surface area contributed by atoms with Gasteiger partial charge >= 0.3 is 0 Å². The van der Waals surface area contributed by atoms with Gasteiger partial charge in [-0.15, -0.1) is 0 Å². The Morgan fingerprint density at radius 2 is 1.80 bits per heavy atom. The maximum atomic E-state index is 12.4. The van der Waals surface area contributed by atoms with Crippen molar-refractivity contribution in [1.29, 1.82) is 0 Å².